The Kier molecular flexibility index (Phi) is 3.10. The maximum atomic E-state index is 2.62. The number of benzene rings is 3. The first-order valence-electron chi connectivity index (χ1n) is 12.5. The lowest BCUT2D eigenvalue weighted by Gasteiger charge is -2.63. The molecule has 1 nitrogen and oxygen atoms in total. The van der Waals surface area contributed by atoms with E-state index in [0.717, 1.165) is 30.1 Å². The van der Waals surface area contributed by atoms with E-state index in [1.54, 1.807) is 11.1 Å². The van der Waals surface area contributed by atoms with Crippen molar-refractivity contribution in [3.05, 3.63) is 77.4 Å². The third-order valence-electron chi connectivity index (χ3n) is 9.72. The van der Waals surface area contributed by atoms with Gasteiger partial charge in [0.25, 0.3) is 0 Å². The Morgan fingerprint density at radius 3 is 2.29 bits per heavy atom. The minimum absolute atomic E-state index is 0.220. The van der Waals surface area contributed by atoms with Crippen molar-refractivity contribution >= 4 is 21.8 Å². The molecule has 0 atom stereocenters. The van der Waals surface area contributed by atoms with Crippen LogP contribution in [-0.2, 0) is 11.8 Å². The molecule has 4 bridgehead atoms. The molecule has 4 aliphatic carbocycles. The summed E-state index contributed by atoms with van der Waals surface area (Å²) in [6.45, 7) is 2.31. The quantitative estimate of drug-likeness (QED) is 0.312. The molecule has 1 aliphatic heterocycles. The average Bonchev–Trinajstić information content (AvgIpc) is 3.14. The Morgan fingerprint density at radius 2 is 1.52 bits per heavy atom. The topological polar surface area (TPSA) is 4.93 Å². The van der Waals surface area contributed by atoms with Gasteiger partial charge in [-0.2, -0.15) is 0 Å². The van der Waals surface area contributed by atoms with Crippen LogP contribution in [0, 0.1) is 23.7 Å². The van der Waals surface area contributed by atoms with Gasteiger partial charge >= 0.3 is 0 Å². The largest absolute Gasteiger partial charge is 0.309 e. The van der Waals surface area contributed by atoms with Crippen molar-refractivity contribution in [2.75, 3.05) is 0 Å². The zero-order chi connectivity index (χ0) is 20.3. The molecule has 31 heavy (non-hydrogen) atoms. The van der Waals surface area contributed by atoms with Crippen LogP contribution in [0.1, 0.15) is 55.7 Å². The minimum atomic E-state index is 0.220. The van der Waals surface area contributed by atoms with Crippen LogP contribution in [-0.4, -0.2) is 4.57 Å². The summed E-state index contributed by atoms with van der Waals surface area (Å²) >= 11 is 0. The summed E-state index contributed by atoms with van der Waals surface area (Å²) in [6, 6.07) is 23.8. The molecule has 2 heterocycles. The highest BCUT2D eigenvalue weighted by Gasteiger charge is 2.60. The van der Waals surface area contributed by atoms with Crippen LogP contribution in [0.25, 0.3) is 27.5 Å². The van der Waals surface area contributed by atoms with Crippen LogP contribution < -0.4 is 0 Å². The lowest BCUT2D eigenvalue weighted by Crippen LogP contribution is -2.57. The van der Waals surface area contributed by atoms with Crippen LogP contribution in [0.15, 0.2) is 60.7 Å². The molecule has 4 aromatic rings. The fraction of sp³-hybridized carbons (Fsp3) is 0.400. The average molecular weight is 404 g/mol. The molecule has 0 amide bonds. The van der Waals surface area contributed by atoms with E-state index < -0.39 is 0 Å². The van der Waals surface area contributed by atoms with Crippen molar-refractivity contribution in [1.29, 1.82) is 0 Å². The third kappa shape index (κ3) is 1.87. The number of aromatic nitrogens is 1. The number of para-hydroxylation sites is 2. The zero-order valence-corrected chi connectivity index (χ0v) is 18.3. The summed E-state index contributed by atoms with van der Waals surface area (Å²) in [4.78, 5) is 0. The van der Waals surface area contributed by atoms with Crippen molar-refractivity contribution < 1.29 is 0 Å². The van der Waals surface area contributed by atoms with Crippen molar-refractivity contribution in [3.8, 4) is 5.69 Å². The Bertz CT molecular complexity index is 1360. The molecule has 9 rings (SSSR count). The smallest absolute Gasteiger partial charge is 0.0582 e. The Hall–Kier alpha value is -2.54. The second-order valence-electron chi connectivity index (χ2n) is 10.9. The summed E-state index contributed by atoms with van der Waals surface area (Å²) in [6.07, 6.45) is 8.40. The summed E-state index contributed by atoms with van der Waals surface area (Å²) in [7, 11) is 0. The van der Waals surface area contributed by atoms with Crippen LogP contribution in [0.3, 0.4) is 0 Å². The Labute approximate surface area is 184 Å². The van der Waals surface area contributed by atoms with Crippen molar-refractivity contribution in [3.63, 3.8) is 0 Å². The van der Waals surface area contributed by atoms with Gasteiger partial charge in [0.2, 0.25) is 0 Å². The van der Waals surface area contributed by atoms with E-state index in [1.165, 1.54) is 65.2 Å². The van der Waals surface area contributed by atoms with Crippen LogP contribution in [0.2, 0.25) is 0 Å². The fourth-order valence-electron chi connectivity index (χ4n) is 8.88. The lowest BCUT2D eigenvalue weighted by atomic mass is 9.41. The van der Waals surface area contributed by atoms with Gasteiger partial charge in [-0.1, -0.05) is 55.5 Å². The monoisotopic (exact) mass is 403 g/mol. The summed E-state index contributed by atoms with van der Waals surface area (Å²) < 4.78 is 2.62. The van der Waals surface area contributed by atoms with Crippen molar-refractivity contribution in [2.45, 2.75) is 50.9 Å². The zero-order valence-electron chi connectivity index (χ0n) is 18.3. The first kappa shape index (κ1) is 17.1. The highest BCUT2D eigenvalue weighted by Crippen LogP contribution is 2.67. The number of nitrogens with zero attached hydrogens (tertiary/aromatic N) is 1. The van der Waals surface area contributed by atoms with Gasteiger partial charge in [-0.05, 0) is 91.0 Å². The summed E-state index contributed by atoms with van der Waals surface area (Å²) in [5, 5.41) is 2.86. The number of rotatable bonds is 1. The summed E-state index contributed by atoms with van der Waals surface area (Å²) in [5.74, 6) is 3.59. The van der Waals surface area contributed by atoms with E-state index in [0.29, 0.717) is 0 Å². The number of hydrogen-bond acceptors (Lipinski definition) is 0. The molecule has 154 valence electrons. The van der Waals surface area contributed by atoms with Gasteiger partial charge in [0.1, 0.15) is 0 Å². The molecule has 3 aromatic carbocycles. The molecule has 0 saturated heterocycles. The maximum absolute atomic E-state index is 2.62. The second kappa shape index (κ2) is 5.63. The van der Waals surface area contributed by atoms with Gasteiger partial charge in [0.05, 0.1) is 16.7 Å². The van der Waals surface area contributed by atoms with Crippen molar-refractivity contribution in [1.82, 2.24) is 4.57 Å². The van der Waals surface area contributed by atoms with Crippen LogP contribution >= 0.6 is 0 Å². The van der Waals surface area contributed by atoms with E-state index in [4.69, 9.17) is 0 Å². The number of aryl methyl sites for hydroxylation is 1. The molecule has 1 spiro atoms. The van der Waals surface area contributed by atoms with E-state index in [9.17, 15) is 0 Å². The highest BCUT2D eigenvalue weighted by molar-refractivity contribution is 6.11. The van der Waals surface area contributed by atoms with Crippen LogP contribution in [0.5, 0.6) is 0 Å². The molecular weight excluding hydrogens is 374 g/mol. The van der Waals surface area contributed by atoms with E-state index >= 15 is 0 Å². The first-order chi connectivity index (χ1) is 15.3. The standard InChI is InChI=1S/C30H29N/c1-2-18-10-11-28-26(17-18)30(21-13-19-12-20(15-21)16-22(30)14-19)25-8-5-7-24-23-6-3-4-9-27(23)31(28)29(24)25/h3-11,17,19-22H,2,12-16H2,1H3. The van der Waals surface area contributed by atoms with E-state index in [2.05, 4.69) is 72.2 Å². The molecule has 0 unspecified atom stereocenters. The molecule has 5 aliphatic rings. The van der Waals surface area contributed by atoms with Gasteiger partial charge in [0, 0.05) is 16.2 Å². The molecule has 4 fully saturated rings. The van der Waals surface area contributed by atoms with Gasteiger partial charge in [-0.15, -0.1) is 0 Å². The van der Waals surface area contributed by atoms with E-state index in [-0.39, 0.29) is 5.41 Å². The van der Waals surface area contributed by atoms with Gasteiger partial charge < -0.3 is 4.57 Å². The number of fused-ring (bicyclic) bond motifs is 5. The number of hydrogen-bond donors (Lipinski definition) is 0. The molecule has 1 heteroatoms. The normalized spacial score (nSPS) is 32.3. The molecule has 0 radical (unpaired) electrons. The first-order valence-corrected chi connectivity index (χ1v) is 12.5. The molecule has 4 saturated carbocycles. The SMILES string of the molecule is CCc1ccc2c(c1)C1(c3cccc4c5ccccc5n-2c34)C2CC3CC(C2)CC1C3. The third-order valence-corrected chi connectivity index (χ3v) is 9.72. The Morgan fingerprint density at radius 1 is 0.774 bits per heavy atom. The Balaban J connectivity index is 1.58. The van der Waals surface area contributed by atoms with E-state index in [1.807, 2.05) is 0 Å². The van der Waals surface area contributed by atoms with Crippen LogP contribution in [0.4, 0.5) is 0 Å². The second-order valence-corrected chi connectivity index (χ2v) is 10.9. The van der Waals surface area contributed by atoms with Gasteiger partial charge in [-0.25, -0.2) is 0 Å². The summed E-state index contributed by atoms with van der Waals surface area (Å²) in [5.41, 5.74) is 9.37. The maximum Gasteiger partial charge on any atom is 0.0582 e. The molecular formula is C30H29N. The lowest BCUT2D eigenvalue weighted by molar-refractivity contribution is -0.0418. The minimum Gasteiger partial charge on any atom is -0.309 e. The molecule has 0 N–H and O–H groups in total. The predicted molar refractivity (Wildman–Crippen MR) is 128 cm³/mol. The van der Waals surface area contributed by atoms with Gasteiger partial charge in [-0.3, -0.25) is 0 Å². The fourth-order valence-corrected chi connectivity index (χ4v) is 8.88. The highest BCUT2D eigenvalue weighted by atomic mass is 15.0. The van der Waals surface area contributed by atoms with Crippen molar-refractivity contribution in [2.24, 2.45) is 23.7 Å². The molecule has 1 aromatic heterocycles. The predicted octanol–water partition coefficient (Wildman–Crippen LogP) is 7.40. The van der Waals surface area contributed by atoms with Gasteiger partial charge in [0.15, 0.2) is 0 Å².